The fourth-order valence-corrected chi connectivity index (χ4v) is 2.53. The maximum atomic E-state index is 13.1. The van der Waals surface area contributed by atoms with Crippen molar-refractivity contribution in [2.45, 2.75) is 6.54 Å². The topological polar surface area (TPSA) is 32.3 Å². The molecule has 0 aliphatic carbocycles. The van der Waals surface area contributed by atoms with Gasteiger partial charge in [-0.25, -0.2) is 4.39 Å². The fraction of sp³-hybridized carbons (Fsp3) is 0.231. The first-order chi connectivity index (χ1) is 8.29. The van der Waals surface area contributed by atoms with Gasteiger partial charge in [0.25, 0.3) is 0 Å². The van der Waals surface area contributed by atoms with Crippen LogP contribution in [-0.2, 0) is 6.54 Å². The molecule has 17 heavy (non-hydrogen) atoms. The van der Waals surface area contributed by atoms with E-state index in [0.29, 0.717) is 6.54 Å². The van der Waals surface area contributed by atoms with E-state index in [2.05, 4.69) is 5.32 Å². The van der Waals surface area contributed by atoms with Gasteiger partial charge in [-0.15, -0.1) is 11.3 Å². The van der Waals surface area contributed by atoms with Gasteiger partial charge in [-0.2, -0.15) is 0 Å². The van der Waals surface area contributed by atoms with Crippen LogP contribution in [0.2, 0.25) is 0 Å². The van der Waals surface area contributed by atoms with Gasteiger partial charge >= 0.3 is 0 Å². The van der Waals surface area contributed by atoms with Gasteiger partial charge in [0, 0.05) is 22.8 Å². The number of thiophene rings is 1. The highest BCUT2D eigenvalue weighted by Crippen LogP contribution is 2.28. The van der Waals surface area contributed by atoms with Crippen LogP contribution < -0.4 is 5.32 Å². The van der Waals surface area contributed by atoms with Gasteiger partial charge in [0.15, 0.2) is 0 Å². The standard InChI is InChI=1S/C13H14FNOS/c14-11-3-1-2-10(8-11)13-5-4-12(17-13)9-15-6-7-16/h1-5,8,15-16H,6-7,9H2. The van der Waals surface area contributed by atoms with Crippen LogP contribution in [0.3, 0.4) is 0 Å². The molecule has 0 saturated carbocycles. The monoisotopic (exact) mass is 251 g/mol. The number of hydrogen-bond acceptors (Lipinski definition) is 3. The third-order valence-corrected chi connectivity index (χ3v) is 3.49. The summed E-state index contributed by atoms with van der Waals surface area (Å²) in [6, 6.07) is 10.6. The summed E-state index contributed by atoms with van der Waals surface area (Å²) in [4.78, 5) is 2.24. The van der Waals surface area contributed by atoms with Gasteiger partial charge in [-0.1, -0.05) is 12.1 Å². The summed E-state index contributed by atoms with van der Waals surface area (Å²) < 4.78 is 13.1. The SMILES string of the molecule is OCCNCc1ccc(-c2cccc(F)c2)s1. The van der Waals surface area contributed by atoms with Crippen LogP contribution >= 0.6 is 11.3 Å². The average Bonchev–Trinajstić information content (AvgIpc) is 2.78. The lowest BCUT2D eigenvalue weighted by molar-refractivity contribution is 0.292. The molecule has 0 unspecified atom stereocenters. The van der Waals surface area contributed by atoms with Gasteiger partial charge < -0.3 is 10.4 Å². The maximum Gasteiger partial charge on any atom is 0.123 e. The van der Waals surface area contributed by atoms with Crippen molar-refractivity contribution in [3.8, 4) is 10.4 Å². The number of halogens is 1. The second-order valence-electron chi connectivity index (χ2n) is 3.68. The number of rotatable bonds is 5. The molecule has 0 spiro atoms. The first kappa shape index (κ1) is 12.2. The molecule has 2 nitrogen and oxygen atoms in total. The van der Waals surface area contributed by atoms with Crippen LogP contribution in [0.15, 0.2) is 36.4 Å². The Morgan fingerprint density at radius 2 is 2.12 bits per heavy atom. The molecule has 0 bridgehead atoms. The first-order valence-corrected chi connectivity index (χ1v) is 6.27. The predicted octanol–water partition coefficient (Wildman–Crippen LogP) is 2.64. The zero-order valence-corrected chi connectivity index (χ0v) is 10.1. The first-order valence-electron chi connectivity index (χ1n) is 5.46. The Balaban J connectivity index is 2.07. The fourth-order valence-electron chi connectivity index (χ4n) is 1.56. The molecule has 1 heterocycles. The molecule has 2 N–H and O–H groups in total. The second-order valence-corrected chi connectivity index (χ2v) is 4.85. The Labute approximate surface area is 104 Å². The molecular formula is C13H14FNOS. The zero-order valence-electron chi connectivity index (χ0n) is 9.32. The van der Waals surface area contributed by atoms with Gasteiger partial charge in [0.1, 0.15) is 5.82 Å². The molecular weight excluding hydrogens is 237 g/mol. The van der Waals surface area contributed by atoms with Gasteiger partial charge in [-0.05, 0) is 29.8 Å². The van der Waals surface area contributed by atoms with Gasteiger partial charge in [-0.3, -0.25) is 0 Å². The summed E-state index contributed by atoms with van der Waals surface area (Å²) in [5, 5.41) is 11.8. The molecule has 1 aromatic heterocycles. The Hall–Kier alpha value is -1.23. The van der Waals surface area contributed by atoms with Crippen molar-refractivity contribution in [1.82, 2.24) is 5.32 Å². The highest BCUT2D eigenvalue weighted by atomic mass is 32.1. The summed E-state index contributed by atoms with van der Waals surface area (Å²) >= 11 is 1.63. The van der Waals surface area contributed by atoms with Crippen LogP contribution in [0, 0.1) is 5.82 Å². The molecule has 0 radical (unpaired) electrons. The van der Waals surface area contributed by atoms with Crippen molar-refractivity contribution < 1.29 is 9.50 Å². The molecule has 2 aromatic rings. The minimum absolute atomic E-state index is 0.141. The molecule has 0 aliphatic heterocycles. The van der Waals surface area contributed by atoms with Crippen LogP contribution in [0.5, 0.6) is 0 Å². The summed E-state index contributed by atoms with van der Waals surface area (Å²) in [7, 11) is 0. The lowest BCUT2D eigenvalue weighted by Crippen LogP contribution is -2.16. The van der Waals surface area contributed by atoms with Crippen LogP contribution in [-0.4, -0.2) is 18.3 Å². The number of aliphatic hydroxyl groups excluding tert-OH is 1. The van der Waals surface area contributed by atoms with Crippen molar-refractivity contribution in [3.05, 3.63) is 47.1 Å². The predicted molar refractivity (Wildman–Crippen MR) is 68.5 cm³/mol. The van der Waals surface area contributed by atoms with E-state index in [4.69, 9.17) is 5.11 Å². The van der Waals surface area contributed by atoms with E-state index >= 15 is 0 Å². The Morgan fingerprint density at radius 1 is 1.24 bits per heavy atom. The number of hydrogen-bond donors (Lipinski definition) is 2. The van der Waals surface area contributed by atoms with E-state index in [1.807, 2.05) is 18.2 Å². The molecule has 1 aromatic carbocycles. The lowest BCUT2D eigenvalue weighted by atomic mass is 10.2. The van der Waals surface area contributed by atoms with Gasteiger partial charge in [0.2, 0.25) is 0 Å². The van der Waals surface area contributed by atoms with Crippen molar-refractivity contribution in [1.29, 1.82) is 0 Å². The Morgan fingerprint density at radius 3 is 2.88 bits per heavy atom. The summed E-state index contributed by atoms with van der Waals surface area (Å²) in [6.45, 7) is 1.47. The number of aliphatic hydroxyl groups is 1. The summed E-state index contributed by atoms with van der Waals surface area (Å²) in [6.07, 6.45) is 0. The van der Waals surface area contributed by atoms with Crippen LogP contribution in [0.1, 0.15) is 4.88 Å². The highest BCUT2D eigenvalue weighted by molar-refractivity contribution is 7.15. The highest BCUT2D eigenvalue weighted by Gasteiger charge is 2.03. The van der Waals surface area contributed by atoms with Crippen molar-refractivity contribution >= 4 is 11.3 Å². The minimum Gasteiger partial charge on any atom is -0.395 e. The minimum atomic E-state index is -0.212. The zero-order chi connectivity index (χ0) is 12.1. The Bertz CT molecular complexity index is 484. The Kier molecular flexibility index (Phi) is 4.25. The number of benzene rings is 1. The number of nitrogens with one attached hydrogen (secondary N) is 1. The normalized spacial score (nSPS) is 10.7. The largest absolute Gasteiger partial charge is 0.395 e. The van der Waals surface area contributed by atoms with E-state index in [-0.39, 0.29) is 12.4 Å². The third kappa shape index (κ3) is 3.36. The lowest BCUT2D eigenvalue weighted by Gasteiger charge is -1.99. The second kappa shape index (κ2) is 5.91. The van der Waals surface area contributed by atoms with E-state index in [1.165, 1.54) is 17.0 Å². The van der Waals surface area contributed by atoms with Crippen LogP contribution in [0.25, 0.3) is 10.4 Å². The van der Waals surface area contributed by atoms with E-state index in [0.717, 1.165) is 17.0 Å². The van der Waals surface area contributed by atoms with Crippen molar-refractivity contribution in [3.63, 3.8) is 0 Å². The molecule has 0 amide bonds. The van der Waals surface area contributed by atoms with E-state index in [1.54, 1.807) is 17.4 Å². The molecule has 90 valence electrons. The summed E-state index contributed by atoms with van der Waals surface area (Å²) in [5.41, 5.74) is 0.906. The average molecular weight is 251 g/mol. The van der Waals surface area contributed by atoms with Gasteiger partial charge in [0.05, 0.1) is 6.61 Å². The van der Waals surface area contributed by atoms with Crippen LogP contribution in [0.4, 0.5) is 4.39 Å². The van der Waals surface area contributed by atoms with Crippen molar-refractivity contribution in [2.75, 3.05) is 13.2 Å². The molecule has 0 aliphatic rings. The molecule has 0 atom stereocenters. The van der Waals surface area contributed by atoms with Crippen molar-refractivity contribution in [2.24, 2.45) is 0 Å². The molecule has 0 fully saturated rings. The molecule has 0 saturated heterocycles. The quantitative estimate of drug-likeness (QED) is 0.801. The smallest absolute Gasteiger partial charge is 0.123 e. The maximum absolute atomic E-state index is 13.1. The van der Waals surface area contributed by atoms with E-state index in [9.17, 15) is 4.39 Å². The van der Waals surface area contributed by atoms with E-state index < -0.39 is 0 Å². The molecule has 2 rings (SSSR count). The summed E-state index contributed by atoms with van der Waals surface area (Å²) in [5.74, 6) is -0.212. The third-order valence-electron chi connectivity index (χ3n) is 2.36. The molecule has 4 heteroatoms.